The fourth-order valence-corrected chi connectivity index (χ4v) is 2.02. The van der Waals surface area contributed by atoms with Gasteiger partial charge in [-0.1, -0.05) is 0 Å². The smallest absolute Gasteiger partial charge is 0.270 e. The number of nitrogens with zero attached hydrogens (tertiary/aromatic N) is 2. The Balaban J connectivity index is 2.09. The first-order valence-electron chi connectivity index (χ1n) is 4.83. The number of nitrogens with one attached hydrogen (secondary N) is 2. The van der Waals surface area contributed by atoms with Gasteiger partial charge in [-0.2, -0.15) is 5.10 Å². The van der Waals surface area contributed by atoms with Gasteiger partial charge in [-0.15, -0.1) is 0 Å². The number of anilines is 1. The number of H-pyrrole nitrogens is 1. The molecule has 6 nitrogen and oxygen atoms in total. The molecule has 1 aromatic heterocycles. The van der Waals surface area contributed by atoms with Gasteiger partial charge in [0.05, 0.1) is 17.2 Å². The van der Waals surface area contributed by atoms with Gasteiger partial charge in [0.25, 0.3) is 5.69 Å². The van der Waals surface area contributed by atoms with Crippen LogP contribution >= 0.6 is 22.6 Å². The topological polar surface area (TPSA) is 83.8 Å². The molecule has 0 aliphatic rings. The summed E-state index contributed by atoms with van der Waals surface area (Å²) >= 11 is 2.07. The molecule has 0 unspecified atom stereocenters. The predicted octanol–water partition coefficient (Wildman–Crippen LogP) is 2.53. The number of nitro groups is 1. The first kappa shape index (κ1) is 11.8. The molecule has 2 rings (SSSR count). The molecule has 0 radical (unpaired) electrons. The third-order valence-electron chi connectivity index (χ3n) is 2.19. The van der Waals surface area contributed by atoms with Crippen LogP contribution in [0.4, 0.5) is 11.4 Å². The van der Waals surface area contributed by atoms with Crippen molar-refractivity contribution in [2.75, 3.05) is 5.32 Å². The molecule has 7 heteroatoms. The number of rotatable bonds is 4. The number of aromatic amines is 1. The highest BCUT2D eigenvalue weighted by Gasteiger charge is 2.08. The molecular weight excluding hydrogens is 335 g/mol. The van der Waals surface area contributed by atoms with Gasteiger partial charge in [0.15, 0.2) is 0 Å². The summed E-state index contributed by atoms with van der Waals surface area (Å²) in [5.74, 6) is 0. The molecule has 0 amide bonds. The Kier molecular flexibility index (Phi) is 3.57. The standard InChI is InChI=1S/C10H9IN4O2/c11-9-5-8(15(16)17)1-2-10(9)12-6-7-3-4-13-14-7/h1-5,12H,6H2,(H,13,14). The van der Waals surface area contributed by atoms with Crippen molar-refractivity contribution in [3.63, 3.8) is 0 Å². The van der Waals surface area contributed by atoms with E-state index in [1.165, 1.54) is 12.1 Å². The number of aromatic nitrogens is 2. The van der Waals surface area contributed by atoms with Crippen LogP contribution in [0.25, 0.3) is 0 Å². The number of nitro benzene ring substituents is 1. The van der Waals surface area contributed by atoms with Crippen LogP contribution in [0.5, 0.6) is 0 Å². The molecule has 2 N–H and O–H groups in total. The fraction of sp³-hybridized carbons (Fsp3) is 0.100. The zero-order chi connectivity index (χ0) is 12.3. The lowest BCUT2D eigenvalue weighted by atomic mass is 10.3. The highest BCUT2D eigenvalue weighted by Crippen LogP contribution is 2.23. The van der Waals surface area contributed by atoms with Gasteiger partial charge in [-0.25, -0.2) is 0 Å². The van der Waals surface area contributed by atoms with Gasteiger partial charge >= 0.3 is 0 Å². The van der Waals surface area contributed by atoms with Gasteiger partial charge in [0, 0.05) is 27.6 Å². The van der Waals surface area contributed by atoms with E-state index in [2.05, 4.69) is 38.1 Å². The highest BCUT2D eigenvalue weighted by atomic mass is 127. The summed E-state index contributed by atoms with van der Waals surface area (Å²) in [6.45, 7) is 0.605. The summed E-state index contributed by atoms with van der Waals surface area (Å²) in [7, 11) is 0. The average Bonchev–Trinajstić information content (AvgIpc) is 2.80. The van der Waals surface area contributed by atoms with Crippen molar-refractivity contribution in [1.82, 2.24) is 10.2 Å². The third kappa shape index (κ3) is 2.93. The molecule has 0 saturated heterocycles. The molecule has 0 aliphatic heterocycles. The lowest BCUT2D eigenvalue weighted by Crippen LogP contribution is -2.02. The zero-order valence-corrected chi connectivity index (χ0v) is 10.8. The molecule has 17 heavy (non-hydrogen) atoms. The Morgan fingerprint density at radius 1 is 1.47 bits per heavy atom. The molecular formula is C10H9IN4O2. The molecule has 1 aromatic carbocycles. The summed E-state index contributed by atoms with van der Waals surface area (Å²) in [5, 5.41) is 20.4. The molecule has 0 bridgehead atoms. The van der Waals surface area contributed by atoms with Crippen molar-refractivity contribution in [2.24, 2.45) is 0 Å². The second kappa shape index (κ2) is 5.13. The van der Waals surface area contributed by atoms with Crippen LogP contribution in [0.3, 0.4) is 0 Å². The SMILES string of the molecule is O=[N+]([O-])c1ccc(NCc2ccn[nH]2)c(I)c1. The first-order valence-corrected chi connectivity index (χ1v) is 5.91. The second-order valence-electron chi connectivity index (χ2n) is 3.36. The Bertz CT molecular complexity index is 527. The number of benzene rings is 1. The number of halogens is 1. The largest absolute Gasteiger partial charge is 0.379 e. The summed E-state index contributed by atoms with van der Waals surface area (Å²) in [5.41, 5.74) is 1.92. The molecule has 0 saturated carbocycles. The summed E-state index contributed by atoms with van der Waals surface area (Å²) in [4.78, 5) is 10.2. The van der Waals surface area contributed by atoms with Crippen molar-refractivity contribution >= 4 is 34.0 Å². The van der Waals surface area contributed by atoms with Gasteiger partial charge < -0.3 is 5.32 Å². The summed E-state index contributed by atoms with van der Waals surface area (Å²) < 4.78 is 0.816. The Hall–Kier alpha value is -1.64. The lowest BCUT2D eigenvalue weighted by molar-refractivity contribution is -0.384. The van der Waals surface area contributed by atoms with E-state index in [0.717, 1.165) is 15.0 Å². The van der Waals surface area contributed by atoms with E-state index in [1.807, 2.05) is 6.07 Å². The van der Waals surface area contributed by atoms with Crippen molar-refractivity contribution < 1.29 is 4.92 Å². The van der Waals surface area contributed by atoms with Crippen LogP contribution in [0.1, 0.15) is 5.69 Å². The van der Waals surface area contributed by atoms with Gasteiger partial charge in [0.1, 0.15) is 0 Å². The zero-order valence-electron chi connectivity index (χ0n) is 8.68. The van der Waals surface area contributed by atoms with E-state index >= 15 is 0 Å². The second-order valence-corrected chi connectivity index (χ2v) is 4.52. The van der Waals surface area contributed by atoms with E-state index in [1.54, 1.807) is 12.3 Å². The molecule has 0 fully saturated rings. The van der Waals surface area contributed by atoms with Crippen LogP contribution in [0.2, 0.25) is 0 Å². The van der Waals surface area contributed by atoms with Crippen molar-refractivity contribution in [1.29, 1.82) is 0 Å². The summed E-state index contributed by atoms with van der Waals surface area (Å²) in [6.07, 6.45) is 1.68. The van der Waals surface area contributed by atoms with Crippen LogP contribution in [-0.2, 0) is 6.54 Å². The quantitative estimate of drug-likeness (QED) is 0.507. The first-order chi connectivity index (χ1) is 8.16. The van der Waals surface area contributed by atoms with Crippen LogP contribution in [0.15, 0.2) is 30.5 Å². The fourth-order valence-electron chi connectivity index (χ4n) is 1.33. The van der Waals surface area contributed by atoms with Crippen LogP contribution in [-0.4, -0.2) is 15.1 Å². The predicted molar refractivity (Wildman–Crippen MR) is 71.7 cm³/mol. The molecule has 1 heterocycles. The van der Waals surface area contributed by atoms with E-state index < -0.39 is 4.92 Å². The van der Waals surface area contributed by atoms with Crippen molar-refractivity contribution in [3.05, 3.63) is 49.8 Å². The minimum atomic E-state index is -0.402. The Morgan fingerprint density at radius 2 is 2.29 bits per heavy atom. The summed E-state index contributed by atoms with van der Waals surface area (Å²) in [6, 6.07) is 6.59. The van der Waals surface area contributed by atoms with Gasteiger partial charge in [-0.05, 0) is 34.7 Å². The van der Waals surface area contributed by atoms with Crippen LogP contribution in [0, 0.1) is 13.7 Å². The molecule has 0 spiro atoms. The maximum Gasteiger partial charge on any atom is 0.270 e. The number of hydrogen-bond donors (Lipinski definition) is 2. The van der Waals surface area contributed by atoms with Gasteiger partial charge in [0.2, 0.25) is 0 Å². The lowest BCUT2D eigenvalue weighted by Gasteiger charge is -2.06. The molecule has 2 aromatic rings. The number of hydrogen-bond acceptors (Lipinski definition) is 4. The van der Waals surface area contributed by atoms with E-state index in [9.17, 15) is 10.1 Å². The third-order valence-corrected chi connectivity index (χ3v) is 3.08. The molecule has 0 atom stereocenters. The highest BCUT2D eigenvalue weighted by molar-refractivity contribution is 14.1. The Labute approximate surface area is 111 Å². The maximum atomic E-state index is 10.6. The monoisotopic (exact) mass is 344 g/mol. The minimum Gasteiger partial charge on any atom is -0.379 e. The average molecular weight is 344 g/mol. The maximum absolute atomic E-state index is 10.6. The molecule has 88 valence electrons. The van der Waals surface area contributed by atoms with E-state index in [4.69, 9.17) is 0 Å². The Morgan fingerprint density at radius 3 is 2.88 bits per heavy atom. The molecule has 0 aliphatic carbocycles. The van der Waals surface area contributed by atoms with E-state index in [-0.39, 0.29) is 5.69 Å². The minimum absolute atomic E-state index is 0.0986. The number of non-ortho nitro benzene ring substituents is 1. The van der Waals surface area contributed by atoms with Crippen molar-refractivity contribution in [3.8, 4) is 0 Å². The van der Waals surface area contributed by atoms with Gasteiger partial charge in [-0.3, -0.25) is 15.2 Å². The van der Waals surface area contributed by atoms with Crippen LogP contribution < -0.4 is 5.32 Å². The van der Waals surface area contributed by atoms with Crippen molar-refractivity contribution in [2.45, 2.75) is 6.54 Å². The van der Waals surface area contributed by atoms with E-state index in [0.29, 0.717) is 6.54 Å². The normalized spacial score (nSPS) is 10.2.